The molecule has 0 radical (unpaired) electrons. The largest absolute Gasteiger partial charge is 0.380 e. The fourth-order valence-corrected chi connectivity index (χ4v) is 2.79. The van der Waals surface area contributed by atoms with E-state index in [2.05, 4.69) is 10.6 Å². The third-order valence-electron chi connectivity index (χ3n) is 3.85. The van der Waals surface area contributed by atoms with Gasteiger partial charge in [-0.25, -0.2) is 0 Å². The van der Waals surface area contributed by atoms with Crippen molar-refractivity contribution >= 4 is 17.5 Å². The van der Waals surface area contributed by atoms with Gasteiger partial charge >= 0.3 is 0 Å². The van der Waals surface area contributed by atoms with Crippen LogP contribution in [0, 0.1) is 20.8 Å². The predicted octanol–water partition coefficient (Wildman–Crippen LogP) is 3.13. The Hall–Kier alpha value is -2.66. The van der Waals surface area contributed by atoms with Crippen LogP contribution in [0.1, 0.15) is 32.6 Å². The molecule has 2 N–H and O–H groups in total. The molecule has 5 nitrogen and oxygen atoms in total. The van der Waals surface area contributed by atoms with Crippen molar-refractivity contribution < 1.29 is 14.3 Å². The van der Waals surface area contributed by atoms with Gasteiger partial charge in [0.05, 0.1) is 13.2 Å². The van der Waals surface area contributed by atoms with Gasteiger partial charge in [0.15, 0.2) is 0 Å². The highest BCUT2D eigenvalue weighted by atomic mass is 16.5. The van der Waals surface area contributed by atoms with Crippen molar-refractivity contribution in [2.24, 2.45) is 0 Å². The molecule has 2 rings (SSSR count). The number of hydrogen-bond donors (Lipinski definition) is 2. The maximum atomic E-state index is 12.2. The summed E-state index contributed by atoms with van der Waals surface area (Å²) in [4.78, 5) is 24.4. The zero-order valence-corrected chi connectivity index (χ0v) is 15.1. The summed E-state index contributed by atoms with van der Waals surface area (Å²) in [6.45, 7) is 6.28. The number of nitrogens with one attached hydrogen (secondary N) is 2. The zero-order chi connectivity index (χ0) is 18.4. The molecule has 0 heterocycles. The van der Waals surface area contributed by atoms with E-state index >= 15 is 0 Å². The summed E-state index contributed by atoms with van der Waals surface area (Å²) in [7, 11) is 1.60. The number of hydrogen-bond acceptors (Lipinski definition) is 3. The van der Waals surface area contributed by atoms with Gasteiger partial charge in [-0.2, -0.15) is 0 Å². The van der Waals surface area contributed by atoms with Gasteiger partial charge in [-0.05, 0) is 49.6 Å². The summed E-state index contributed by atoms with van der Waals surface area (Å²) in [6, 6.07) is 11.2. The Morgan fingerprint density at radius 2 is 1.72 bits per heavy atom. The van der Waals surface area contributed by atoms with Crippen LogP contribution < -0.4 is 10.6 Å². The lowest BCUT2D eigenvalue weighted by molar-refractivity contribution is -0.115. The Morgan fingerprint density at radius 1 is 1.04 bits per heavy atom. The minimum absolute atomic E-state index is 0.0832. The molecule has 0 aliphatic heterocycles. The number of amides is 2. The molecule has 0 atom stereocenters. The standard InChI is InChI=1S/C20H24N2O3/c1-13-8-14(2)19(15(3)9-13)22-18(23)11-21-20(24)17-7-5-6-16(10-17)12-25-4/h5-10H,11-12H2,1-4H3,(H,21,24)(H,22,23). The minimum Gasteiger partial charge on any atom is -0.380 e. The Labute approximate surface area is 148 Å². The first-order chi connectivity index (χ1) is 11.9. The number of aryl methyl sites for hydroxylation is 3. The lowest BCUT2D eigenvalue weighted by Gasteiger charge is -2.13. The quantitative estimate of drug-likeness (QED) is 0.849. The number of methoxy groups -OCH3 is 1. The lowest BCUT2D eigenvalue weighted by atomic mass is 10.1. The zero-order valence-electron chi connectivity index (χ0n) is 15.1. The highest BCUT2D eigenvalue weighted by molar-refractivity contribution is 5.99. The topological polar surface area (TPSA) is 67.4 Å². The van der Waals surface area contributed by atoms with Crippen LogP contribution in [0.3, 0.4) is 0 Å². The van der Waals surface area contributed by atoms with Gasteiger partial charge in [0.1, 0.15) is 0 Å². The van der Waals surface area contributed by atoms with Gasteiger partial charge in [0, 0.05) is 18.4 Å². The summed E-state index contributed by atoms with van der Waals surface area (Å²) < 4.78 is 5.06. The molecule has 2 aromatic carbocycles. The maximum Gasteiger partial charge on any atom is 0.251 e. The highest BCUT2D eigenvalue weighted by Crippen LogP contribution is 2.21. The lowest BCUT2D eigenvalue weighted by Crippen LogP contribution is -2.33. The van der Waals surface area contributed by atoms with Gasteiger partial charge < -0.3 is 15.4 Å². The van der Waals surface area contributed by atoms with Crippen molar-refractivity contribution in [3.8, 4) is 0 Å². The van der Waals surface area contributed by atoms with Crippen molar-refractivity contribution in [3.05, 3.63) is 64.2 Å². The molecule has 0 aliphatic rings. The number of anilines is 1. The van der Waals surface area contributed by atoms with Crippen LogP contribution in [0.15, 0.2) is 36.4 Å². The van der Waals surface area contributed by atoms with Gasteiger partial charge in [-0.3, -0.25) is 9.59 Å². The maximum absolute atomic E-state index is 12.2. The number of carbonyl (C=O) groups is 2. The van der Waals surface area contributed by atoms with Crippen LogP contribution in [0.5, 0.6) is 0 Å². The molecular formula is C20H24N2O3. The first-order valence-corrected chi connectivity index (χ1v) is 8.14. The first kappa shape index (κ1) is 18.7. The van der Waals surface area contributed by atoms with E-state index in [1.54, 1.807) is 25.3 Å². The molecule has 0 saturated carbocycles. The van der Waals surface area contributed by atoms with Gasteiger partial charge in [0.25, 0.3) is 5.91 Å². The smallest absolute Gasteiger partial charge is 0.251 e. The Bertz CT molecular complexity index is 761. The SMILES string of the molecule is COCc1cccc(C(=O)NCC(=O)Nc2c(C)cc(C)cc2C)c1. The fourth-order valence-electron chi connectivity index (χ4n) is 2.79. The number of ether oxygens (including phenoxy) is 1. The molecule has 25 heavy (non-hydrogen) atoms. The molecule has 0 aromatic heterocycles. The van der Waals surface area contributed by atoms with E-state index < -0.39 is 0 Å². The van der Waals surface area contributed by atoms with Crippen molar-refractivity contribution in [1.82, 2.24) is 5.32 Å². The average molecular weight is 340 g/mol. The summed E-state index contributed by atoms with van der Waals surface area (Å²) in [5.41, 5.74) is 5.37. The van der Waals surface area contributed by atoms with E-state index in [1.807, 2.05) is 39.0 Å². The van der Waals surface area contributed by atoms with Gasteiger partial charge in [-0.15, -0.1) is 0 Å². The molecule has 0 bridgehead atoms. The van der Waals surface area contributed by atoms with E-state index in [9.17, 15) is 9.59 Å². The Balaban J connectivity index is 1.96. The molecule has 0 aliphatic carbocycles. The second-order valence-corrected chi connectivity index (χ2v) is 6.14. The summed E-state index contributed by atoms with van der Waals surface area (Å²) >= 11 is 0. The molecule has 0 fully saturated rings. The van der Waals surface area contributed by atoms with Crippen molar-refractivity contribution in [2.45, 2.75) is 27.4 Å². The molecule has 0 spiro atoms. The van der Waals surface area contributed by atoms with E-state index in [1.165, 1.54) is 0 Å². The third kappa shape index (κ3) is 5.16. The second kappa shape index (κ2) is 8.44. The number of benzene rings is 2. The van der Waals surface area contributed by atoms with Crippen LogP contribution >= 0.6 is 0 Å². The molecule has 2 amide bonds. The summed E-state index contributed by atoms with van der Waals surface area (Å²) in [5, 5.41) is 5.52. The molecule has 5 heteroatoms. The fraction of sp³-hybridized carbons (Fsp3) is 0.300. The normalized spacial score (nSPS) is 10.4. The predicted molar refractivity (Wildman–Crippen MR) is 98.8 cm³/mol. The van der Waals surface area contributed by atoms with Crippen LogP contribution in [-0.4, -0.2) is 25.5 Å². The monoisotopic (exact) mass is 340 g/mol. The number of carbonyl (C=O) groups excluding carboxylic acids is 2. The number of rotatable bonds is 6. The summed E-state index contributed by atoms with van der Waals surface area (Å²) in [6.07, 6.45) is 0. The van der Waals surface area contributed by atoms with Crippen LogP contribution in [-0.2, 0) is 16.1 Å². The van der Waals surface area contributed by atoms with E-state index in [0.717, 1.165) is 27.9 Å². The molecule has 0 saturated heterocycles. The van der Waals surface area contributed by atoms with Crippen LogP contribution in [0.4, 0.5) is 5.69 Å². The van der Waals surface area contributed by atoms with E-state index in [-0.39, 0.29) is 18.4 Å². The average Bonchev–Trinajstić information content (AvgIpc) is 2.56. The molecule has 0 unspecified atom stereocenters. The van der Waals surface area contributed by atoms with Crippen LogP contribution in [0.2, 0.25) is 0 Å². The van der Waals surface area contributed by atoms with Crippen molar-refractivity contribution in [3.63, 3.8) is 0 Å². The third-order valence-corrected chi connectivity index (χ3v) is 3.85. The van der Waals surface area contributed by atoms with E-state index in [0.29, 0.717) is 12.2 Å². The van der Waals surface area contributed by atoms with Crippen LogP contribution in [0.25, 0.3) is 0 Å². The minimum atomic E-state index is -0.287. The van der Waals surface area contributed by atoms with Crippen molar-refractivity contribution in [1.29, 1.82) is 0 Å². The molecular weight excluding hydrogens is 316 g/mol. The Morgan fingerprint density at radius 3 is 2.36 bits per heavy atom. The summed E-state index contributed by atoms with van der Waals surface area (Å²) in [5.74, 6) is -0.540. The highest BCUT2D eigenvalue weighted by Gasteiger charge is 2.11. The van der Waals surface area contributed by atoms with Gasteiger partial charge in [0.2, 0.25) is 5.91 Å². The first-order valence-electron chi connectivity index (χ1n) is 8.14. The van der Waals surface area contributed by atoms with Crippen molar-refractivity contribution in [2.75, 3.05) is 19.0 Å². The van der Waals surface area contributed by atoms with E-state index in [4.69, 9.17) is 4.74 Å². The molecule has 132 valence electrons. The Kier molecular flexibility index (Phi) is 6.31. The second-order valence-electron chi connectivity index (χ2n) is 6.14. The molecule has 2 aromatic rings. The van der Waals surface area contributed by atoms with Gasteiger partial charge in [-0.1, -0.05) is 29.8 Å².